The minimum absolute atomic E-state index is 0.0165. The summed E-state index contributed by atoms with van der Waals surface area (Å²) in [7, 11) is 0. The summed E-state index contributed by atoms with van der Waals surface area (Å²) in [6, 6.07) is 0. The van der Waals surface area contributed by atoms with Crippen molar-refractivity contribution in [1.82, 2.24) is 10.2 Å². The molecule has 0 spiro atoms. The third kappa shape index (κ3) is 2.81. The van der Waals surface area contributed by atoms with Crippen molar-refractivity contribution in [3.05, 3.63) is 23.9 Å². The number of aliphatic hydroxyl groups is 1. The van der Waals surface area contributed by atoms with Gasteiger partial charge in [0.25, 0.3) is 0 Å². The van der Waals surface area contributed by atoms with Gasteiger partial charge in [-0.2, -0.15) is 0 Å². The SMILES string of the molecule is CCN(CCO)C1NC=CC=C1C(=O)O. The summed E-state index contributed by atoms with van der Waals surface area (Å²) in [6.07, 6.45) is 4.58. The van der Waals surface area contributed by atoms with E-state index in [0.29, 0.717) is 18.7 Å². The van der Waals surface area contributed by atoms with E-state index in [1.165, 1.54) is 0 Å². The number of nitrogens with one attached hydrogen (secondary N) is 1. The molecule has 5 nitrogen and oxygen atoms in total. The topological polar surface area (TPSA) is 72.8 Å². The first kappa shape index (κ1) is 11.7. The zero-order chi connectivity index (χ0) is 11.3. The number of dihydropyridines is 1. The van der Waals surface area contributed by atoms with Crippen LogP contribution < -0.4 is 5.32 Å². The Bertz CT molecular complexity index is 286. The maximum atomic E-state index is 11.0. The van der Waals surface area contributed by atoms with Gasteiger partial charge in [-0.1, -0.05) is 6.92 Å². The fraction of sp³-hybridized carbons (Fsp3) is 0.500. The molecule has 15 heavy (non-hydrogen) atoms. The van der Waals surface area contributed by atoms with Crippen molar-refractivity contribution < 1.29 is 15.0 Å². The van der Waals surface area contributed by atoms with E-state index in [0.717, 1.165) is 0 Å². The zero-order valence-corrected chi connectivity index (χ0v) is 8.68. The van der Waals surface area contributed by atoms with Gasteiger partial charge in [0.2, 0.25) is 0 Å². The normalized spacial score (nSPS) is 19.9. The maximum absolute atomic E-state index is 11.0. The highest BCUT2D eigenvalue weighted by Crippen LogP contribution is 2.12. The molecule has 1 aliphatic rings. The second-order valence-electron chi connectivity index (χ2n) is 3.21. The number of carboxylic acids is 1. The van der Waals surface area contributed by atoms with Crippen LogP contribution in [0.25, 0.3) is 0 Å². The summed E-state index contributed by atoms with van der Waals surface area (Å²) in [5.74, 6) is -0.937. The van der Waals surface area contributed by atoms with Gasteiger partial charge in [0.1, 0.15) is 6.17 Å². The van der Waals surface area contributed by atoms with Gasteiger partial charge in [-0.25, -0.2) is 4.79 Å². The summed E-state index contributed by atoms with van der Waals surface area (Å²) >= 11 is 0. The fourth-order valence-corrected chi connectivity index (χ4v) is 1.57. The molecule has 5 heteroatoms. The van der Waals surface area contributed by atoms with E-state index in [9.17, 15) is 4.79 Å². The van der Waals surface area contributed by atoms with Crippen LogP contribution in [0.2, 0.25) is 0 Å². The third-order valence-electron chi connectivity index (χ3n) is 2.33. The molecule has 0 saturated heterocycles. The molecule has 1 rings (SSSR count). The average molecular weight is 212 g/mol. The van der Waals surface area contributed by atoms with Crippen molar-refractivity contribution in [3.8, 4) is 0 Å². The summed E-state index contributed by atoms with van der Waals surface area (Å²) in [5, 5.41) is 20.8. The molecule has 0 aromatic rings. The van der Waals surface area contributed by atoms with E-state index in [1.807, 2.05) is 11.8 Å². The summed E-state index contributed by atoms with van der Waals surface area (Å²) < 4.78 is 0. The standard InChI is InChI=1S/C10H16N2O3/c1-2-12(6-7-13)9-8(10(14)15)4-3-5-11-9/h3-5,9,11,13H,2,6-7H2,1H3,(H,14,15). The number of carboxylic acid groups (broad SMARTS) is 1. The molecule has 1 unspecified atom stereocenters. The zero-order valence-electron chi connectivity index (χ0n) is 8.68. The van der Waals surface area contributed by atoms with E-state index < -0.39 is 5.97 Å². The molecular formula is C10H16N2O3. The van der Waals surface area contributed by atoms with Crippen LogP contribution >= 0.6 is 0 Å². The molecule has 3 N–H and O–H groups in total. The van der Waals surface area contributed by atoms with Crippen molar-refractivity contribution in [2.45, 2.75) is 13.1 Å². The number of carbonyl (C=O) groups is 1. The molecule has 84 valence electrons. The number of allylic oxidation sites excluding steroid dienone is 2. The van der Waals surface area contributed by atoms with E-state index in [4.69, 9.17) is 10.2 Å². The van der Waals surface area contributed by atoms with E-state index >= 15 is 0 Å². The minimum Gasteiger partial charge on any atom is -0.478 e. The van der Waals surface area contributed by atoms with Crippen LogP contribution in [0.4, 0.5) is 0 Å². The van der Waals surface area contributed by atoms with Gasteiger partial charge >= 0.3 is 5.97 Å². The lowest BCUT2D eigenvalue weighted by molar-refractivity contribution is -0.133. The highest BCUT2D eigenvalue weighted by Gasteiger charge is 2.25. The van der Waals surface area contributed by atoms with Crippen LogP contribution in [0.15, 0.2) is 23.9 Å². The lowest BCUT2D eigenvalue weighted by Gasteiger charge is -2.32. The number of rotatable bonds is 5. The minimum atomic E-state index is -0.937. The third-order valence-corrected chi connectivity index (χ3v) is 2.33. The van der Waals surface area contributed by atoms with Crippen LogP contribution in [0.1, 0.15) is 6.92 Å². The lowest BCUT2D eigenvalue weighted by Crippen LogP contribution is -2.48. The van der Waals surface area contributed by atoms with Gasteiger partial charge in [0.05, 0.1) is 12.2 Å². The highest BCUT2D eigenvalue weighted by molar-refractivity contribution is 5.88. The molecule has 0 fully saturated rings. The first-order valence-electron chi connectivity index (χ1n) is 4.91. The van der Waals surface area contributed by atoms with Crippen molar-refractivity contribution in [1.29, 1.82) is 0 Å². The van der Waals surface area contributed by atoms with Crippen molar-refractivity contribution in [2.75, 3.05) is 19.7 Å². The number of aliphatic carboxylic acids is 1. The quantitative estimate of drug-likeness (QED) is 0.586. The van der Waals surface area contributed by atoms with Gasteiger partial charge < -0.3 is 15.5 Å². The molecular weight excluding hydrogens is 196 g/mol. The van der Waals surface area contributed by atoms with Gasteiger partial charge in [0, 0.05) is 6.54 Å². The fourth-order valence-electron chi connectivity index (χ4n) is 1.57. The first-order valence-corrected chi connectivity index (χ1v) is 4.91. The molecule has 0 aromatic carbocycles. The predicted octanol–water partition coefficient (Wildman–Crippen LogP) is -0.245. The Kier molecular flexibility index (Phi) is 4.33. The van der Waals surface area contributed by atoms with Gasteiger partial charge in [-0.15, -0.1) is 0 Å². The van der Waals surface area contributed by atoms with Gasteiger partial charge in [0.15, 0.2) is 0 Å². The van der Waals surface area contributed by atoms with E-state index in [1.54, 1.807) is 18.4 Å². The highest BCUT2D eigenvalue weighted by atomic mass is 16.4. The van der Waals surface area contributed by atoms with Crippen molar-refractivity contribution in [2.24, 2.45) is 0 Å². The Morgan fingerprint density at radius 3 is 2.93 bits per heavy atom. The van der Waals surface area contributed by atoms with Crippen LogP contribution in [-0.2, 0) is 4.79 Å². The smallest absolute Gasteiger partial charge is 0.335 e. The molecule has 1 heterocycles. The second-order valence-corrected chi connectivity index (χ2v) is 3.21. The van der Waals surface area contributed by atoms with E-state index in [2.05, 4.69) is 5.32 Å². The molecule has 0 aliphatic carbocycles. The van der Waals surface area contributed by atoms with Crippen LogP contribution in [-0.4, -0.2) is 46.9 Å². The Morgan fingerprint density at radius 2 is 2.40 bits per heavy atom. The Balaban J connectivity index is 2.79. The van der Waals surface area contributed by atoms with Crippen molar-refractivity contribution in [3.63, 3.8) is 0 Å². The molecule has 0 aromatic heterocycles. The number of hydrogen-bond donors (Lipinski definition) is 3. The monoisotopic (exact) mass is 212 g/mol. The van der Waals surface area contributed by atoms with Crippen LogP contribution in [0.3, 0.4) is 0 Å². The molecule has 1 aliphatic heterocycles. The largest absolute Gasteiger partial charge is 0.478 e. The molecule has 0 radical (unpaired) electrons. The predicted molar refractivity (Wildman–Crippen MR) is 56.1 cm³/mol. The second kappa shape index (κ2) is 5.53. The molecule has 1 atom stereocenters. The summed E-state index contributed by atoms with van der Waals surface area (Å²) in [4.78, 5) is 12.8. The van der Waals surface area contributed by atoms with Crippen LogP contribution in [0, 0.1) is 0 Å². The molecule has 0 saturated carbocycles. The molecule has 0 amide bonds. The number of aliphatic hydroxyl groups excluding tert-OH is 1. The Hall–Kier alpha value is -1.33. The van der Waals surface area contributed by atoms with E-state index in [-0.39, 0.29) is 12.8 Å². The maximum Gasteiger partial charge on any atom is 0.335 e. The molecule has 0 bridgehead atoms. The van der Waals surface area contributed by atoms with Gasteiger partial charge in [-0.05, 0) is 24.9 Å². The number of likely N-dealkylation sites (N-methyl/N-ethyl adjacent to an activating group) is 1. The summed E-state index contributed by atoms with van der Waals surface area (Å²) in [6.45, 7) is 3.07. The average Bonchev–Trinajstić information content (AvgIpc) is 2.26. The van der Waals surface area contributed by atoms with Crippen molar-refractivity contribution >= 4 is 5.97 Å². The summed E-state index contributed by atoms with van der Waals surface area (Å²) in [5.41, 5.74) is 0.299. The Morgan fingerprint density at radius 1 is 1.67 bits per heavy atom. The van der Waals surface area contributed by atoms with Gasteiger partial charge in [-0.3, -0.25) is 4.90 Å². The number of hydrogen-bond acceptors (Lipinski definition) is 4. The van der Waals surface area contributed by atoms with Crippen LogP contribution in [0.5, 0.6) is 0 Å². The first-order chi connectivity index (χ1) is 7.20. The Labute approximate surface area is 88.7 Å². The lowest BCUT2D eigenvalue weighted by atomic mass is 10.1. The number of nitrogens with zero attached hydrogens (tertiary/aromatic N) is 1.